The maximum absolute atomic E-state index is 14.4. The molecule has 0 saturated carbocycles. The molecule has 0 aliphatic carbocycles. The molecule has 0 unspecified atom stereocenters. The van der Waals surface area contributed by atoms with Crippen LogP contribution in [0.2, 0.25) is 0 Å². The molecule has 0 aliphatic rings. The maximum atomic E-state index is 14.4. The molecule has 0 fully saturated rings. The van der Waals surface area contributed by atoms with E-state index in [1.54, 1.807) is 37.3 Å². The Kier molecular flexibility index (Phi) is 5.81. The van der Waals surface area contributed by atoms with Crippen molar-refractivity contribution in [3.63, 3.8) is 0 Å². The summed E-state index contributed by atoms with van der Waals surface area (Å²) in [7, 11) is 1.21. The van der Waals surface area contributed by atoms with Gasteiger partial charge in [-0.1, -0.05) is 37.3 Å². The summed E-state index contributed by atoms with van der Waals surface area (Å²) < 4.78 is 62.5. The monoisotopic (exact) mass is 408 g/mol. The molecule has 0 spiro atoms. The molecule has 3 aromatic rings. The number of hydrogen-bond donors (Lipinski definition) is 1. The van der Waals surface area contributed by atoms with Crippen LogP contribution in [-0.2, 0) is 12.7 Å². The van der Waals surface area contributed by atoms with E-state index in [0.29, 0.717) is 12.0 Å². The second-order valence-corrected chi connectivity index (χ2v) is 6.55. The lowest BCUT2D eigenvalue weighted by molar-refractivity contribution is -0.143. The van der Waals surface area contributed by atoms with Crippen molar-refractivity contribution in [2.24, 2.45) is 0 Å². The van der Waals surface area contributed by atoms with Crippen LogP contribution in [0.3, 0.4) is 0 Å². The number of benzene rings is 2. The fraction of sp³-hybridized carbons (Fsp3) is 0.286. The second kappa shape index (κ2) is 8.14. The average Bonchev–Trinajstić information content (AvgIpc) is 2.99. The van der Waals surface area contributed by atoms with Crippen LogP contribution in [0.4, 0.5) is 17.6 Å². The van der Waals surface area contributed by atoms with E-state index in [-0.39, 0.29) is 29.7 Å². The Bertz CT molecular complexity index is 1030. The molecule has 0 bridgehead atoms. The third-order valence-corrected chi connectivity index (χ3v) is 4.55. The zero-order valence-corrected chi connectivity index (χ0v) is 15.9. The molecule has 29 heavy (non-hydrogen) atoms. The first-order valence-electron chi connectivity index (χ1n) is 9.07. The second-order valence-electron chi connectivity index (χ2n) is 6.55. The molecule has 154 valence electrons. The number of amides is 1. The molecule has 0 atom stereocenters. The number of rotatable bonds is 6. The summed E-state index contributed by atoms with van der Waals surface area (Å²) in [5, 5.41) is 2.48. The summed E-state index contributed by atoms with van der Waals surface area (Å²) in [5.74, 6) is -1.89. The Labute approximate surface area is 165 Å². The first-order valence-corrected chi connectivity index (χ1v) is 9.07. The first kappa shape index (κ1) is 20.7. The Hall–Kier alpha value is -3.03. The molecule has 0 radical (unpaired) electrons. The van der Waals surface area contributed by atoms with Gasteiger partial charge in [-0.25, -0.2) is 4.39 Å². The Morgan fingerprint density at radius 1 is 1.17 bits per heavy atom. The third kappa shape index (κ3) is 4.06. The van der Waals surface area contributed by atoms with Gasteiger partial charge < -0.3 is 14.6 Å². The number of hydrogen-bond acceptors (Lipinski definition) is 2. The first-order chi connectivity index (χ1) is 13.8. The highest BCUT2D eigenvalue weighted by atomic mass is 19.4. The Balaban J connectivity index is 2.34. The topological polar surface area (TPSA) is 43.3 Å². The van der Waals surface area contributed by atoms with Gasteiger partial charge >= 0.3 is 6.18 Å². The molecule has 3 rings (SSSR count). The van der Waals surface area contributed by atoms with Crippen molar-refractivity contribution in [1.82, 2.24) is 9.88 Å². The zero-order valence-electron chi connectivity index (χ0n) is 15.9. The smallest absolute Gasteiger partial charge is 0.432 e. The largest absolute Gasteiger partial charge is 0.494 e. The molecular weight excluding hydrogens is 388 g/mol. The zero-order chi connectivity index (χ0) is 21.2. The summed E-state index contributed by atoms with van der Waals surface area (Å²) in [5.41, 5.74) is -1.08. The number of carbonyl (C=O) groups is 1. The van der Waals surface area contributed by atoms with E-state index in [9.17, 15) is 22.4 Å². The summed E-state index contributed by atoms with van der Waals surface area (Å²) in [4.78, 5) is 12.7. The molecule has 0 aliphatic heterocycles. The van der Waals surface area contributed by atoms with Gasteiger partial charge in [0.05, 0.1) is 18.2 Å². The lowest BCUT2D eigenvalue weighted by Crippen LogP contribution is -2.27. The fourth-order valence-corrected chi connectivity index (χ4v) is 3.29. The minimum atomic E-state index is -4.82. The van der Waals surface area contributed by atoms with Crippen LogP contribution in [0, 0.1) is 5.82 Å². The molecule has 1 amide bonds. The number of fused-ring (bicyclic) bond motifs is 1. The lowest BCUT2D eigenvalue weighted by Gasteiger charge is -2.15. The fourth-order valence-electron chi connectivity index (χ4n) is 3.29. The van der Waals surface area contributed by atoms with Crippen molar-refractivity contribution in [3.8, 4) is 5.75 Å². The van der Waals surface area contributed by atoms with Gasteiger partial charge in [0.25, 0.3) is 5.91 Å². The molecule has 0 saturated heterocycles. The van der Waals surface area contributed by atoms with E-state index in [1.165, 1.54) is 7.11 Å². The quantitative estimate of drug-likeness (QED) is 0.584. The summed E-state index contributed by atoms with van der Waals surface area (Å²) in [6, 6.07) is 10.6. The van der Waals surface area contributed by atoms with Crippen molar-refractivity contribution in [2.45, 2.75) is 26.1 Å². The maximum Gasteiger partial charge on any atom is 0.432 e. The minimum absolute atomic E-state index is 0.0138. The van der Waals surface area contributed by atoms with E-state index in [0.717, 1.165) is 16.7 Å². The van der Waals surface area contributed by atoms with Crippen LogP contribution in [0.15, 0.2) is 42.5 Å². The molecule has 2 aromatic carbocycles. The Morgan fingerprint density at radius 2 is 1.86 bits per heavy atom. The van der Waals surface area contributed by atoms with Crippen molar-refractivity contribution in [2.75, 3.05) is 13.7 Å². The highest BCUT2D eigenvalue weighted by Crippen LogP contribution is 2.40. The molecule has 8 heteroatoms. The summed E-state index contributed by atoms with van der Waals surface area (Å²) >= 11 is 0. The number of ether oxygens (including phenoxy) is 1. The van der Waals surface area contributed by atoms with Gasteiger partial charge in [0.2, 0.25) is 0 Å². The van der Waals surface area contributed by atoms with E-state index >= 15 is 0 Å². The van der Waals surface area contributed by atoms with Crippen LogP contribution < -0.4 is 10.1 Å². The van der Waals surface area contributed by atoms with Crippen LogP contribution in [-0.4, -0.2) is 24.1 Å². The van der Waals surface area contributed by atoms with Gasteiger partial charge in [-0.05, 0) is 18.1 Å². The van der Waals surface area contributed by atoms with E-state index in [2.05, 4.69) is 5.32 Å². The minimum Gasteiger partial charge on any atom is -0.494 e. The van der Waals surface area contributed by atoms with Crippen molar-refractivity contribution < 1.29 is 27.1 Å². The van der Waals surface area contributed by atoms with Crippen molar-refractivity contribution in [3.05, 3.63) is 65.1 Å². The normalized spacial score (nSPS) is 11.7. The number of carbonyl (C=O) groups excluding carboxylic acids is 1. The van der Waals surface area contributed by atoms with Gasteiger partial charge in [-0.2, -0.15) is 13.2 Å². The predicted octanol–water partition coefficient (Wildman–Crippen LogP) is 5.00. The number of methoxy groups -OCH3 is 1. The van der Waals surface area contributed by atoms with Gasteiger partial charge in [0.15, 0.2) is 11.6 Å². The van der Waals surface area contributed by atoms with Crippen molar-refractivity contribution >= 4 is 16.8 Å². The molecule has 1 heterocycles. The summed E-state index contributed by atoms with van der Waals surface area (Å²) in [6.45, 7) is 1.85. The standard InChI is InChI=1S/C21H20F4N2O2/c1-3-9-26-20(28)18-14-10-17(29-2)15(22)11-16(14)27(19(18)21(23,24)25)12-13-7-5-4-6-8-13/h4-8,10-11H,3,9,12H2,1-2H3,(H,26,28). The van der Waals surface area contributed by atoms with Gasteiger partial charge in [0.1, 0.15) is 5.69 Å². The van der Waals surface area contributed by atoms with Gasteiger partial charge in [0, 0.05) is 24.5 Å². The molecule has 4 nitrogen and oxygen atoms in total. The Morgan fingerprint density at radius 3 is 2.45 bits per heavy atom. The van der Waals surface area contributed by atoms with Gasteiger partial charge in [-0.3, -0.25) is 4.79 Å². The number of nitrogens with zero attached hydrogens (tertiary/aromatic N) is 1. The molecular formula is C21H20F4N2O2. The number of halogens is 4. The molecule has 1 N–H and O–H groups in total. The number of nitrogens with one attached hydrogen (secondary N) is 1. The highest BCUT2D eigenvalue weighted by Gasteiger charge is 2.41. The van der Waals surface area contributed by atoms with Gasteiger partial charge in [-0.15, -0.1) is 0 Å². The summed E-state index contributed by atoms with van der Waals surface area (Å²) in [6.07, 6.45) is -4.26. The molecule has 1 aromatic heterocycles. The number of aromatic nitrogens is 1. The van der Waals surface area contributed by atoms with E-state index in [1.807, 2.05) is 0 Å². The van der Waals surface area contributed by atoms with E-state index < -0.39 is 29.2 Å². The van der Waals surface area contributed by atoms with Crippen LogP contribution >= 0.6 is 0 Å². The van der Waals surface area contributed by atoms with Crippen molar-refractivity contribution in [1.29, 1.82) is 0 Å². The van der Waals surface area contributed by atoms with E-state index in [4.69, 9.17) is 4.74 Å². The van der Waals surface area contributed by atoms with Crippen LogP contribution in [0.5, 0.6) is 5.75 Å². The third-order valence-electron chi connectivity index (χ3n) is 4.55. The van der Waals surface area contributed by atoms with Crippen LogP contribution in [0.25, 0.3) is 10.9 Å². The highest BCUT2D eigenvalue weighted by molar-refractivity contribution is 6.09. The predicted molar refractivity (Wildman–Crippen MR) is 102 cm³/mol. The lowest BCUT2D eigenvalue weighted by atomic mass is 10.1. The SMILES string of the molecule is CCCNC(=O)c1c(C(F)(F)F)n(Cc2ccccc2)c2cc(F)c(OC)cc12. The average molecular weight is 408 g/mol. The number of alkyl halides is 3. The van der Waals surface area contributed by atoms with Crippen LogP contribution in [0.1, 0.15) is 35.0 Å².